The van der Waals surface area contributed by atoms with Crippen molar-refractivity contribution in [1.82, 2.24) is 14.7 Å². The van der Waals surface area contributed by atoms with E-state index in [1.807, 2.05) is 68.4 Å². The molecule has 13 heteroatoms. The Kier molecular flexibility index (Phi) is 24.4. The fraction of sp³-hybridized carbons (Fsp3) is 0.569. The highest BCUT2D eigenvalue weighted by atomic mass is 35.5. The molecule has 78 heavy (non-hydrogen) atoms. The van der Waals surface area contributed by atoms with E-state index in [-0.39, 0.29) is 46.1 Å². The van der Waals surface area contributed by atoms with Crippen LogP contribution in [0.15, 0.2) is 115 Å². The number of alkyl halides is 3. The largest absolute Gasteiger partial charge is 0.466 e. The van der Waals surface area contributed by atoms with Gasteiger partial charge in [-0.1, -0.05) is 143 Å². The minimum Gasteiger partial charge on any atom is -0.466 e. The Morgan fingerprint density at radius 1 is 0.603 bits per heavy atom. The number of benzene rings is 4. The first-order chi connectivity index (χ1) is 36.7. The molecule has 1 atom stereocenters. The number of esters is 2. The minimum atomic E-state index is -4.32. The fourth-order valence-corrected chi connectivity index (χ4v) is 11.2. The molecule has 8 nitrogen and oxygen atoms in total. The third kappa shape index (κ3) is 19.8. The molecule has 3 heterocycles. The fourth-order valence-electron chi connectivity index (χ4n) is 11.0. The van der Waals surface area contributed by atoms with Crippen LogP contribution in [0.5, 0.6) is 0 Å². The number of hydrogen-bond donors (Lipinski definition) is 1. The van der Waals surface area contributed by atoms with E-state index >= 15 is 0 Å². The zero-order chi connectivity index (χ0) is 57.3. The third-order valence-electron chi connectivity index (χ3n) is 16.4. The van der Waals surface area contributed by atoms with Crippen LogP contribution in [0, 0.1) is 11.8 Å². The van der Waals surface area contributed by atoms with Gasteiger partial charge in [-0.2, -0.15) is 13.2 Å². The third-order valence-corrected chi connectivity index (χ3v) is 16.9. The predicted octanol–water partition coefficient (Wildman–Crippen LogP) is 15.3. The Balaban J connectivity index is 0.000000218. The van der Waals surface area contributed by atoms with Gasteiger partial charge < -0.3 is 24.4 Å². The molecule has 4 aromatic rings. The van der Waals surface area contributed by atoms with Crippen LogP contribution in [0.3, 0.4) is 0 Å². The summed E-state index contributed by atoms with van der Waals surface area (Å²) in [5.41, 5.74) is 4.47. The number of piperidine rings is 3. The number of hydrogen-bond acceptors (Lipinski definition) is 8. The predicted molar refractivity (Wildman–Crippen MR) is 313 cm³/mol. The Labute approximate surface area is 476 Å². The number of likely N-dealkylation sites (tertiary alicyclic amines) is 3. The van der Waals surface area contributed by atoms with E-state index in [9.17, 15) is 27.9 Å². The van der Waals surface area contributed by atoms with Gasteiger partial charge >= 0.3 is 18.1 Å². The monoisotopic (exact) mass is 1120 g/mol. The molecule has 3 aliphatic rings. The number of carbonyl (C=O) groups excluding carboxylic acids is 2. The lowest BCUT2D eigenvalue weighted by molar-refractivity contribution is -0.150. The lowest BCUT2D eigenvalue weighted by Crippen LogP contribution is -2.44. The van der Waals surface area contributed by atoms with Gasteiger partial charge in [-0.15, -0.1) is 0 Å². The summed E-state index contributed by atoms with van der Waals surface area (Å²) in [7, 11) is 0. The number of rotatable bonds is 18. The summed E-state index contributed by atoms with van der Waals surface area (Å²) >= 11 is 12.0. The zero-order valence-electron chi connectivity index (χ0n) is 48.4. The number of carbonyl (C=O) groups is 2. The quantitative estimate of drug-likeness (QED) is 0.0779. The summed E-state index contributed by atoms with van der Waals surface area (Å²) in [5, 5.41) is 12.5. The van der Waals surface area contributed by atoms with Crippen molar-refractivity contribution in [1.29, 1.82) is 0 Å². The first kappa shape index (κ1) is 64.6. The molecule has 430 valence electrons. The molecular weight excluding hydrogens is 1030 g/mol. The second-order valence-corrected chi connectivity index (χ2v) is 24.8. The van der Waals surface area contributed by atoms with Crippen molar-refractivity contribution >= 4 is 35.1 Å². The summed E-state index contributed by atoms with van der Waals surface area (Å²) in [6.07, 6.45) is 5.87. The van der Waals surface area contributed by atoms with Gasteiger partial charge in [-0.25, -0.2) is 0 Å². The van der Waals surface area contributed by atoms with Gasteiger partial charge in [0, 0.05) is 29.2 Å². The molecular formula is C65H90Cl2F3N3O5. The molecule has 0 aromatic heterocycles. The highest BCUT2D eigenvalue weighted by molar-refractivity contribution is 6.30. The van der Waals surface area contributed by atoms with E-state index in [2.05, 4.69) is 100 Å². The highest BCUT2D eigenvalue weighted by Gasteiger charge is 2.36. The molecule has 1 unspecified atom stereocenters. The minimum absolute atomic E-state index is 0.0198. The zero-order valence-corrected chi connectivity index (χ0v) is 49.9. The molecule has 0 saturated carbocycles. The van der Waals surface area contributed by atoms with Gasteiger partial charge in [-0.3, -0.25) is 14.5 Å². The van der Waals surface area contributed by atoms with E-state index in [0.717, 1.165) is 143 Å². The number of halogens is 5. The summed E-state index contributed by atoms with van der Waals surface area (Å²) < 4.78 is 49.0. The SMILES string of the molecule is CC(C)(CCN1CCC(O)(c2ccccc2)CC1)c1ccc(Cl)cc1.CCOC(=O)C1CCN(C(C=C(C)C)CC(C)(C)c2ccc(C(F)(F)F)cc2)CC1.CCOC(=O)C1CCN(CCC(C)(C)c2ccc(Cl)cc2)CC1. The van der Waals surface area contributed by atoms with Crippen molar-refractivity contribution in [2.75, 3.05) is 65.6 Å². The average molecular weight is 1120 g/mol. The maximum Gasteiger partial charge on any atom is 0.416 e. The Morgan fingerprint density at radius 3 is 1.40 bits per heavy atom. The van der Waals surface area contributed by atoms with Gasteiger partial charge in [0.2, 0.25) is 0 Å². The van der Waals surface area contributed by atoms with Crippen molar-refractivity contribution < 1.29 is 37.3 Å². The summed E-state index contributed by atoms with van der Waals surface area (Å²) in [5.74, 6) is -0.0819. The average Bonchev–Trinajstić information content (AvgIpc) is 3.43. The topological polar surface area (TPSA) is 82.5 Å². The number of ether oxygens (including phenoxy) is 2. The molecule has 0 radical (unpaired) electrons. The second kappa shape index (κ2) is 29.5. The molecule has 0 spiro atoms. The van der Waals surface area contributed by atoms with E-state index in [1.54, 1.807) is 12.1 Å². The van der Waals surface area contributed by atoms with Crippen LogP contribution in [-0.2, 0) is 47.1 Å². The first-order valence-corrected chi connectivity index (χ1v) is 29.2. The van der Waals surface area contributed by atoms with Gasteiger partial charge in [0.05, 0.1) is 36.2 Å². The van der Waals surface area contributed by atoms with Crippen molar-refractivity contribution in [2.24, 2.45) is 11.8 Å². The molecule has 7 rings (SSSR count). The highest BCUT2D eigenvalue weighted by Crippen LogP contribution is 2.37. The van der Waals surface area contributed by atoms with Crippen LogP contribution in [0.1, 0.15) is 155 Å². The van der Waals surface area contributed by atoms with Crippen molar-refractivity contribution in [3.63, 3.8) is 0 Å². The normalized spacial score (nSPS) is 17.6. The molecule has 3 fully saturated rings. The molecule has 4 aromatic carbocycles. The van der Waals surface area contributed by atoms with E-state index in [1.165, 1.54) is 16.7 Å². The van der Waals surface area contributed by atoms with Crippen LogP contribution < -0.4 is 0 Å². The lowest BCUT2D eigenvalue weighted by Gasteiger charge is -2.39. The Hall–Kier alpha value is -4.23. The molecule has 3 aliphatic heterocycles. The molecule has 0 bridgehead atoms. The molecule has 1 N–H and O–H groups in total. The second-order valence-electron chi connectivity index (χ2n) is 23.9. The van der Waals surface area contributed by atoms with E-state index in [4.69, 9.17) is 32.7 Å². The van der Waals surface area contributed by atoms with Crippen LogP contribution in [0.4, 0.5) is 13.2 Å². The van der Waals surface area contributed by atoms with E-state index in [0.29, 0.717) is 13.2 Å². The molecule has 0 aliphatic carbocycles. The number of nitrogens with zero attached hydrogens (tertiary/aromatic N) is 3. The lowest BCUT2D eigenvalue weighted by atomic mass is 9.77. The molecule has 0 amide bonds. The number of allylic oxidation sites excluding steroid dienone is 1. The van der Waals surface area contributed by atoms with Gasteiger partial charge in [0.25, 0.3) is 0 Å². The summed E-state index contributed by atoms with van der Waals surface area (Å²) in [6, 6.07) is 32.1. The van der Waals surface area contributed by atoms with Crippen LogP contribution in [0.2, 0.25) is 10.0 Å². The van der Waals surface area contributed by atoms with Gasteiger partial charge in [0.15, 0.2) is 0 Å². The maximum absolute atomic E-state index is 12.9. The smallest absolute Gasteiger partial charge is 0.416 e. The van der Waals surface area contributed by atoms with Crippen LogP contribution in [0.25, 0.3) is 0 Å². The molecule has 3 saturated heterocycles. The van der Waals surface area contributed by atoms with Crippen LogP contribution in [-0.4, -0.2) is 103 Å². The van der Waals surface area contributed by atoms with Crippen LogP contribution >= 0.6 is 23.2 Å². The van der Waals surface area contributed by atoms with Crippen molar-refractivity contribution in [3.8, 4) is 0 Å². The Bertz CT molecular complexity index is 2450. The van der Waals surface area contributed by atoms with Gasteiger partial charge in [-0.05, 0) is 200 Å². The maximum atomic E-state index is 12.9. The Morgan fingerprint density at radius 2 is 0.987 bits per heavy atom. The summed E-state index contributed by atoms with van der Waals surface area (Å²) in [6.45, 7) is 29.6. The van der Waals surface area contributed by atoms with Crippen molar-refractivity contribution in [2.45, 2.75) is 161 Å². The standard InChI is InChI=1S/C24H34F3NO2.C22H28ClNO.C19H28ClNO2/c1-6-30-22(29)18-11-13-28(14-12-18)21(15-17(2)3)16-23(4,5)19-7-9-20(10-8-19)24(25,26)27;1-21(2,18-8-10-20(23)11-9-18)12-15-24-16-13-22(25,14-17-24)19-6-4-3-5-7-19;1-4-23-18(22)15-9-12-21(13-10-15)14-11-19(2,3)16-5-7-17(20)8-6-16/h7-10,15,18,21H,6,11-14,16H2,1-5H3;3-11,25H,12-17H2,1-2H3;5-8,15H,4,9-14H2,1-3H3. The number of aliphatic hydroxyl groups is 1. The summed E-state index contributed by atoms with van der Waals surface area (Å²) in [4.78, 5) is 31.1. The van der Waals surface area contributed by atoms with Crippen molar-refractivity contribution in [3.05, 3.63) is 153 Å². The van der Waals surface area contributed by atoms with Gasteiger partial charge in [0.1, 0.15) is 0 Å². The first-order valence-electron chi connectivity index (χ1n) is 28.4. The van der Waals surface area contributed by atoms with E-state index < -0.39 is 17.3 Å².